The molecule has 22 heavy (non-hydrogen) atoms. The minimum atomic E-state index is -2.80. The second-order valence-corrected chi connectivity index (χ2v) is 6.26. The molecule has 0 aromatic heterocycles. The third-order valence-electron chi connectivity index (χ3n) is 3.76. The normalized spacial score (nSPS) is 17.9. The summed E-state index contributed by atoms with van der Waals surface area (Å²) in [6.07, 6.45) is 1.13. The van der Waals surface area contributed by atoms with E-state index < -0.39 is 6.61 Å². The maximum absolute atomic E-state index is 12.2. The molecule has 1 aromatic rings. The second-order valence-electron chi connectivity index (χ2n) is 6.26. The van der Waals surface area contributed by atoms with Crippen molar-refractivity contribution in [2.24, 2.45) is 10.4 Å². The fourth-order valence-corrected chi connectivity index (χ4v) is 2.64. The third kappa shape index (κ3) is 4.58. The van der Waals surface area contributed by atoms with Crippen molar-refractivity contribution in [2.45, 2.75) is 33.4 Å². The summed E-state index contributed by atoms with van der Waals surface area (Å²) in [5, 5.41) is 3.28. The van der Waals surface area contributed by atoms with Crippen LogP contribution in [-0.2, 0) is 6.54 Å². The van der Waals surface area contributed by atoms with Crippen LogP contribution in [0.4, 0.5) is 8.78 Å². The molecule has 1 aromatic carbocycles. The van der Waals surface area contributed by atoms with Crippen LogP contribution in [0.5, 0.6) is 5.75 Å². The predicted octanol–water partition coefficient (Wildman–Crippen LogP) is 3.10. The van der Waals surface area contributed by atoms with Crippen molar-refractivity contribution >= 4 is 5.96 Å². The van der Waals surface area contributed by atoms with E-state index in [-0.39, 0.29) is 5.75 Å². The molecule has 2 rings (SSSR count). The maximum Gasteiger partial charge on any atom is 0.387 e. The van der Waals surface area contributed by atoms with Crippen LogP contribution in [-0.4, -0.2) is 37.6 Å². The van der Waals surface area contributed by atoms with Crippen molar-refractivity contribution in [3.63, 3.8) is 0 Å². The molecule has 6 heteroatoms. The average molecular weight is 311 g/mol. The monoisotopic (exact) mass is 311 g/mol. The lowest BCUT2D eigenvalue weighted by Crippen LogP contribution is -2.40. The summed E-state index contributed by atoms with van der Waals surface area (Å²) in [6, 6.07) is 6.71. The van der Waals surface area contributed by atoms with Crippen LogP contribution in [0.15, 0.2) is 29.3 Å². The summed E-state index contributed by atoms with van der Waals surface area (Å²) >= 11 is 0. The maximum atomic E-state index is 12.2. The van der Waals surface area contributed by atoms with Gasteiger partial charge in [-0.05, 0) is 29.5 Å². The van der Waals surface area contributed by atoms with Gasteiger partial charge in [0, 0.05) is 26.7 Å². The molecule has 122 valence electrons. The molecule has 0 bridgehead atoms. The number of alkyl halides is 2. The molecule has 0 unspecified atom stereocenters. The van der Waals surface area contributed by atoms with Gasteiger partial charge in [-0.3, -0.25) is 4.99 Å². The van der Waals surface area contributed by atoms with Gasteiger partial charge < -0.3 is 15.0 Å². The lowest BCUT2D eigenvalue weighted by molar-refractivity contribution is -0.0498. The van der Waals surface area contributed by atoms with Gasteiger partial charge in [-0.25, -0.2) is 0 Å². The molecular weight excluding hydrogens is 288 g/mol. The molecule has 0 radical (unpaired) electrons. The molecule has 0 amide bonds. The van der Waals surface area contributed by atoms with Crippen LogP contribution < -0.4 is 10.1 Å². The highest BCUT2D eigenvalue weighted by Gasteiger charge is 2.30. The van der Waals surface area contributed by atoms with E-state index in [1.165, 1.54) is 6.07 Å². The first-order valence-electron chi connectivity index (χ1n) is 7.39. The topological polar surface area (TPSA) is 36.9 Å². The Hall–Kier alpha value is -1.85. The lowest BCUT2D eigenvalue weighted by atomic mass is 9.93. The van der Waals surface area contributed by atoms with E-state index >= 15 is 0 Å². The molecule has 1 saturated heterocycles. The Bertz CT molecular complexity index is 532. The first-order chi connectivity index (χ1) is 10.4. The van der Waals surface area contributed by atoms with Gasteiger partial charge in [0.1, 0.15) is 5.75 Å². The summed E-state index contributed by atoms with van der Waals surface area (Å²) in [5.41, 5.74) is 1.17. The van der Waals surface area contributed by atoms with Crippen LogP contribution in [0.2, 0.25) is 0 Å². The van der Waals surface area contributed by atoms with Crippen molar-refractivity contribution in [1.82, 2.24) is 10.2 Å². The summed E-state index contributed by atoms with van der Waals surface area (Å²) in [7, 11) is 1.75. The van der Waals surface area contributed by atoms with Crippen molar-refractivity contribution in [1.29, 1.82) is 0 Å². The Morgan fingerprint density at radius 1 is 1.45 bits per heavy atom. The van der Waals surface area contributed by atoms with Gasteiger partial charge in [-0.2, -0.15) is 8.78 Å². The predicted molar refractivity (Wildman–Crippen MR) is 83.2 cm³/mol. The minimum absolute atomic E-state index is 0.173. The van der Waals surface area contributed by atoms with Gasteiger partial charge in [0.05, 0.1) is 0 Å². The van der Waals surface area contributed by atoms with Gasteiger partial charge in [0.2, 0.25) is 0 Å². The van der Waals surface area contributed by atoms with Crippen molar-refractivity contribution in [3.8, 4) is 5.75 Å². The molecule has 0 saturated carbocycles. The van der Waals surface area contributed by atoms with Gasteiger partial charge in [0.15, 0.2) is 5.96 Å². The number of rotatable bonds is 4. The van der Waals surface area contributed by atoms with Crippen LogP contribution in [0, 0.1) is 5.41 Å². The quantitative estimate of drug-likeness (QED) is 0.686. The molecule has 4 nitrogen and oxygen atoms in total. The Balaban J connectivity index is 1.94. The Morgan fingerprint density at radius 2 is 2.23 bits per heavy atom. The van der Waals surface area contributed by atoms with Crippen molar-refractivity contribution < 1.29 is 13.5 Å². The first-order valence-corrected chi connectivity index (χ1v) is 7.39. The standard InChI is InChI=1S/C16H23F2N3O/c1-16(2)7-8-21(11-16)15(19-3)20-10-12-5-4-6-13(9-12)22-14(17)18/h4-6,9,14H,7-8,10-11H2,1-3H3,(H,19,20). The first kappa shape index (κ1) is 16.5. The highest BCUT2D eigenvalue weighted by Crippen LogP contribution is 2.28. The van der Waals surface area contributed by atoms with E-state index in [0.717, 1.165) is 31.0 Å². The highest BCUT2D eigenvalue weighted by atomic mass is 19.3. The number of aliphatic imine (C=N–C) groups is 1. The Kier molecular flexibility index (Phi) is 5.21. The van der Waals surface area contributed by atoms with E-state index in [0.29, 0.717) is 12.0 Å². The molecule has 1 aliphatic heterocycles. The van der Waals surface area contributed by atoms with Crippen LogP contribution in [0.3, 0.4) is 0 Å². The molecule has 1 fully saturated rings. The number of halogens is 2. The molecule has 1 N–H and O–H groups in total. The summed E-state index contributed by atoms with van der Waals surface area (Å²) in [4.78, 5) is 6.52. The largest absolute Gasteiger partial charge is 0.435 e. The molecular formula is C16H23F2N3O. The van der Waals surface area contributed by atoms with E-state index in [4.69, 9.17) is 0 Å². The van der Waals surface area contributed by atoms with Gasteiger partial charge in [-0.1, -0.05) is 26.0 Å². The molecule has 0 aliphatic carbocycles. The average Bonchev–Trinajstić information content (AvgIpc) is 2.79. The van der Waals surface area contributed by atoms with Crippen molar-refractivity contribution in [3.05, 3.63) is 29.8 Å². The van der Waals surface area contributed by atoms with Crippen LogP contribution >= 0.6 is 0 Å². The Morgan fingerprint density at radius 3 is 2.82 bits per heavy atom. The number of nitrogens with zero attached hydrogens (tertiary/aromatic N) is 2. The number of likely N-dealkylation sites (tertiary alicyclic amines) is 1. The molecule has 0 atom stereocenters. The molecule has 1 heterocycles. The number of ether oxygens (including phenoxy) is 1. The molecule has 0 spiro atoms. The fourth-order valence-electron chi connectivity index (χ4n) is 2.64. The smallest absolute Gasteiger partial charge is 0.387 e. The number of benzene rings is 1. The van der Waals surface area contributed by atoms with Crippen LogP contribution in [0.25, 0.3) is 0 Å². The van der Waals surface area contributed by atoms with E-state index in [1.54, 1.807) is 19.2 Å². The van der Waals surface area contributed by atoms with Gasteiger partial charge in [0.25, 0.3) is 0 Å². The zero-order valence-electron chi connectivity index (χ0n) is 13.3. The van der Waals surface area contributed by atoms with Gasteiger partial charge in [-0.15, -0.1) is 0 Å². The number of hydrogen-bond donors (Lipinski definition) is 1. The summed E-state index contributed by atoms with van der Waals surface area (Å²) in [5.74, 6) is 1.01. The zero-order chi connectivity index (χ0) is 16.2. The van der Waals surface area contributed by atoms with Crippen molar-refractivity contribution in [2.75, 3.05) is 20.1 Å². The number of nitrogens with one attached hydrogen (secondary N) is 1. The third-order valence-corrected chi connectivity index (χ3v) is 3.76. The Labute approximate surface area is 130 Å². The zero-order valence-corrected chi connectivity index (χ0v) is 13.3. The SMILES string of the molecule is CN=C(NCc1cccc(OC(F)F)c1)N1CCC(C)(C)C1. The summed E-state index contributed by atoms with van der Waals surface area (Å²) in [6.45, 7) is 4.13. The van der Waals surface area contributed by atoms with E-state index in [9.17, 15) is 8.78 Å². The van der Waals surface area contributed by atoms with Gasteiger partial charge >= 0.3 is 6.61 Å². The molecule has 1 aliphatic rings. The number of hydrogen-bond acceptors (Lipinski definition) is 2. The minimum Gasteiger partial charge on any atom is -0.435 e. The van der Waals surface area contributed by atoms with E-state index in [1.807, 2.05) is 6.07 Å². The van der Waals surface area contributed by atoms with E-state index in [2.05, 4.69) is 33.8 Å². The van der Waals surface area contributed by atoms with Crippen LogP contribution in [0.1, 0.15) is 25.8 Å². The lowest BCUT2D eigenvalue weighted by Gasteiger charge is -2.23. The number of guanidine groups is 1. The fraction of sp³-hybridized carbons (Fsp3) is 0.562. The second kappa shape index (κ2) is 6.94. The highest BCUT2D eigenvalue weighted by molar-refractivity contribution is 5.80. The summed E-state index contributed by atoms with van der Waals surface area (Å²) < 4.78 is 28.9.